The van der Waals surface area contributed by atoms with E-state index >= 15 is 0 Å². The van der Waals surface area contributed by atoms with Crippen molar-refractivity contribution in [3.05, 3.63) is 90.0 Å². The summed E-state index contributed by atoms with van der Waals surface area (Å²) >= 11 is 0. The summed E-state index contributed by atoms with van der Waals surface area (Å²) in [5, 5.41) is 5.86. The Bertz CT molecular complexity index is 1160. The van der Waals surface area contributed by atoms with Crippen LogP contribution in [0, 0.1) is 0 Å². The number of anilines is 1. The van der Waals surface area contributed by atoms with Crippen LogP contribution in [0.25, 0.3) is 11.1 Å². The summed E-state index contributed by atoms with van der Waals surface area (Å²) in [5.41, 5.74) is 3.45. The van der Waals surface area contributed by atoms with E-state index in [1.54, 1.807) is 35.2 Å². The second-order valence-electron chi connectivity index (χ2n) is 7.86. The van der Waals surface area contributed by atoms with Crippen molar-refractivity contribution in [1.29, 1.82) is 0 Å². The number of rotatable bonds is 3. The first-order valence-electron chi connectivity index (χ1n) is 10.3. The Balaban J connectivity index is 1.40. The molecule has 3 aromatic rings. The number of carbonyl (C=O) groups is 3. The van der Waals surface area contributed by atoms with Gasteiger partial charge in [-0.25, -0.2) is 0 Å². The Hall–Kier alpha value is -3.93. The summed E-state index contributed by atoms with van der Waals surface area (Å²) in [6.07, 6.45) is 0.385. The molecule has 1 saturated heterocycles. The van der Waals surface area contributed by atoms with Gasteiger partial charge in [-0.1, -0.05) is 54.6 Å². The van der Waals surface area contributed by atoms with E-state index in [1.165, 1.54) is 0 Å². The second-order valence-corrected chi connectivity index (χ2v) is 7.86. The molecule has 2 aliphatic rings. The van der Waals surface area contributed by atoms with Gasteiger partial charge in [-0.15, -0.1) is 0 Å². The molecule has 5 rings (SSSR count). The molecular formula is C25H21N3O3. The van der Waals surface area contributed by atoms with Crippen molar-refractivity contribution >= 4 is 23.4 Å². The minimum absolute atomic E-state index is 0.201. The summed E-state index contributed by atoms with van der Waals surface area (Å²) in [6.45, 7) is 0.296. The Morgan fingerprint density at radius 1 is 0.903 bits per heavy atom. The van der Waals surface area contributed by atoms with Gasteiger partial charge in [0.05, 0.1) is 11.3 Å². The third-order valence-electron chi connectivity index (χ3n) is 5.85. The van der Waals surface area contributed by atoms with Crippen LogP contribution in [0.4, 0.5) is 5.69 Å². The maximum atomic E-state index is 13.4. The van der Waals surface area contributed by atoms with Crippen LogP contribution >= 0.6 is 0 Å². The molecule has 0 aromatic heterocycles. The molecule has 3 amide bonds. The summed E-state index contributed by atoms with van der Waals surface area (Å²) in [4.78, 5) is 40.3. The minimum Gasteiger partial charge on any atom is -0.347 e. The smallest absolute Gasteiger partial charge is 0.256 e. The molecule has 0 bridgehead atoms. The average molecular weight is 411 g/mol. The van der Waals surface area contributed by atoms with Gasteiger partial charge in [-0.05, 0) is 41.8 Å². The summed E-state index contributed by atoms with van der Waals surface area (Å²) in [6, 6.07) is 23.3. The van der Waals surface area contributed by atoms with Crippen LogP contribution in [0.1, 0.15) is 27.1 Å². The number of carbonyl (C=O) groups excluding carboxylic acids is 3. The van der Waals surface area contributed by atoms with Crippen LogP contribution in [-0.4, -0.2) is 41.2 Å². The van der Waals surface area contributed by atoms with Crippen molar-refractivity contribution in [3.8, 4) is 11.1 Å². The van der Waals surface area contributed by atoms with Crippen LogP contribution in [0.5, 0.6) is 0 Å². The van der Waals surface area contributed by atoms with E-state index in [0.29, 0.717) is 29.8 Å². The van der Waals surface area contributed by atoms with Crippen LogP contribution in [0.15, 0.2) is 78.9 Å². The molecule has 2 atom stereocenters. The fourth-order valence-electron chi connectivity index (χ4n) is 4.28. The molecule has 2 aliphatic heterocycles. The van der Waals surface area contributed by atoms with E-state index in [1.807, 2.05) is 48.5 Å². The number of hydrogen-bond donors (Lipinski definition) is 2. The maximum absolute atomic E-state index is 13.4. The molecule has 0 spiro atoms. The summed E-state index contributed by atoms with van der Waals surface area (Å²) < 4.78 is 0. The number of benzene rings is 3. The normalized spacial score (nSPS) is 19.8. The van der Waals surface area contributed by atoms with E-state index in [2.05, 4.69) is 10.6 Å². The highest BCUT2D eigenvalue weighted by Gasteiger charge is 2.43. The molecular weight excluding hydrogens is 390 g/mol. The predicted octanol–water partition coefficient (Wildman–Crippen LogP) is 3.32. The van der Waals surface area contributed by atoms with Crippen molar-refractivity contribution in [2.75, 3.05) is 11.9 Å². The predicted molar refractivity (Wildman–Crippen MR) is 118 cm³/mol. The molecule has 6 nitrogen and oxygen atoms in total. The van der Waals surface area contributed by atoms with Crippen molar-refractivity contribution in [3.63, 3.8) is 0 Å². The Morgan fingerprint density at radius 3 is 2.35 bits per heavy atom. The summed E-state index contributed by atoms with van der Waals surface area (Å²) in [5.74, 6) is -0.633. The lowest BCUT2D eigenvalue weighted by atomic mass is 10.0. The first kappa shape index (κ1) is 19.1. The first-order chi connectivity index (χ1) is 15.1. The molecule has 6 heteroatoms. The fourth-order valence-corrected chi connectivity index (χ4v) is 4.28. The number of fused-ring (bicyclic) bond motifs is 2. The highest BCUT2D eigenvalue weighted by atomic mass is 16.2. The van der Waals surface area contributed by atoms with Gasteiger partial charge in [0.2, 0.25) is 5.91 Å². The van der Waals surface area contributed by atoms with Gasteiger partial charge < -0.3 is 15.5 Å². The third-order valence-corrected chi connectivity index (χ3v) is 5.85. The summed E-state index contributed by atoms with van der Waals surface area (Å²) in [7, 11) is 0. The third kappa shape index (κ3) is 3.57. The lowest BCUT2D eigenvalue weighted by Gasteiger charge is -2.20. The van der Waals surface area contributed by atoms with Gasteiger partial charge in [0.25, 0.3) is 11.8 Å². The van der Waals surface area contributed by atoms with Crippen LogP contribution in [-0.2, 0) is 4.79 Å². The van der Waals surface area contributed by atoms with Crippen molar-refractivity contribution in [1.82, 2.24) is 10.2 Å². The molecule has 0 unspecified atom stereocenters. The van der Waals surface area contributed by atoms with Gasteiger partial charge in [0.15, 0.2) is 0 Å². The molecule has 1 fully saturated rings. The van der Waals surface area contributed by atoms with Crippen molar-refractivity contribution < 1.29 is 14.4 Å². The fraction of sp³-hybridized carbons (Fsp3) is 0.160. The minimum atomic E-state index is -0.610. The molecule has 0 aliphatic carbocycles. The van der Waals surface area contributed by atoms with Crippen molar-refractivity contribution in [2.24, 2.45) is 0 Å². The zero-order chi connectivity index (χ0) is 21.4. The van der Waals surface area contributed by atoms with E-state index in [4.69, 9.17) is 0 Å². The lowest BCUT2D eigenvalue weighted by Crippen LogP contribution is -2.41. The monoisotopic (exact) mass is 411 g/mol. The van der Waals surface area contributed by atoms with Crippen LogP contribution in [0.2, 0.25) is 0 Å². The van der Waals surface area contributed by atoms with Gasteiger partial charge in [-0.2, -0.15) is 0 Å². The zero-order valence-electron chi connectivity index (χ0n) is 16.7. The highest BCUT2D eigenvalue weighted by molar-refractivity contribution is 6.11. The van der Waals surface area contributed by atoms with Gasteiger partial charge in [-0.3, -0.25) is 14.4 Å². The van der Waals surface area contributed by atoms with Gasteiger partial charge in [0.1, 0.15) is 6.04 Å². The molecule has 2 heterocycles. The molecule has 2 N–H and O–H groups in total. The van der Waals surface area contributed by atoms with Crippen molar-refractivity contribution in [2.45, 2.75) is 18.5 Å². The van der Waals surface area contributed by atoms with Crippen LogP contribution in [0.3, 0.4) is 0 Å². The van der Waals surface area contributed by atoms with Gasteiger partial charge in [0, 0.05) is 18.2 Å². The topological polar surface area (TPSA) is 78.5 Å². The number of amides is 3. The van der Waals surface area contributed by atoms with E-state index < -0.39 is 6.04 Å². The quantitative estimate of drug-likeness (QED) is 0.694. The molecule has 3 aromatic carbocycles. The standard InChI is InChI=1S/C25H21N3O3/c29-23(17-9-5-2-6-10-17)26-19-14-22-24(30)27-21-12-11-18(16-7-3-1-4-8-16)13-20(21)25(31)28(22)15-19/h1-13,19,22H,14-15H2,(H,26,29)(H,27,30)/t19-,22-/m0/s1. The second kappa shape index (κ2) is 7.72. The SMILES string of the molecule is O=C(N[C@H]1C[C@H]2C(=O)Nc3ccc(-c4ccccc4)cc3C(=O)N2C1)c1ccccc1. The van der Waals surface area contributed by atoms with Crippen LogP contribution < -0.4 is 10.6 Å². The Morgan fingerprint density at radius 2 is 1.61 bits per heavy atom. The molecule has 0 saturated carbocycles. The number of nitrogens with one attached hydrogen (secondary N) is 2. The lowest BCUT2D eigenvalue weighted by molar-refractivity contribution is -0.119. The van der Waals surface area contributed by atoms with E-state index in [9.17, 15) is 14.4 Å². The Labute approximate surface area is 179 Å². The number of nitrogens with zero attached hydrogens (tertiary/aromatic N) is 1. The molecule has 0 radical (unpaired) electrons. The van der Waals surface area contributed by atoms with Gasteiger partial charge >= 0.3 is 0 Å². The molecule has 31 heavy (non-hydrogen) atoms. The first-order valence-corrected chi connectivity index (χ1v) is 10.3. The average Bonchev–Trinajstić information content (AvgIpc) is 3.20. The van der Waals surface area contributed by atoms with E-state index in [-0.39, 0.29) is 23.8 Å². The Kier molecular flexibility index (Phi) is 4.75. The molecule has 154 valence electrons. The zero-order valence-corrected chi connectivity index (χ0v) is 16.7. The van der Waals surface area contributed by atoms with E-state index in [0.717, 1.165) is 11.1 Å². The maximum Gasteiger partial charge on any atom is 0.256 e. The number of hydrogen-bond acceptors (Lipinski definition) is 3. The largest absolute Gasteiger partial charge is 0.347 e. The highest BCUT2D eigenvalue weighted by Crippen LogP contribution is 2.32.